The van der Waals surface area contributed by atoms with E-state index in [4.69, 9.17) is 10.5 Å². The van der Waals surface area contributed by atoms with Crippen LogP contribution in [-0.2, 0) is 14.9 Å². The summed E-state index contributed by atoms with van der Waals surface area (Å²) in [4.78, 5) is 12.2. The van der Waals surface area contributed by atoms with E-state index >= 15 is 0 Å². The molecule has 94 valence electrons. The Kier molecular flexibility index (Phi) is 4.16. The molecule has 1 atom stereocenters. The van der Waals surface area contributed by atoms with Crippen molar-refractivity contribution >= 4 is 11.7 Å². The molecule has 3 nitrogen and oxygen atoms in total. The van der Waals surface area contributed by atoms with Crippen molar-refractivity contribution in [1.82, 2.24) is 0 Å². The van der Waals surface area contributed by atoms with E-state index in [2.05, 4.69) is 0 Å². The molecule has 0 aliphatic heterocycles. The summed E-state index contributed by atoms with van der Waals surface area (Å²) in [7, 11) is 0. The maximum atomic E-state index is 12.2. The van der Waals surface area contributed by atoms with Crippen LogP contribution in [0.15, 0.2) is 24.3 Å². The number of nitrogens with two attached hydrogens (primary N) is 1. The summed E-state index contributed by atoms with van der Waals surface area (Å²) in [5.74, 6) is -0.0980. The fourth-order valence-corrected chi connectivity index (χ4v) is 1.91. The number of esters is 1. The van der Waals surface area contributed by atoms with Crippen molar-refractivity contribution in [1.29, 1.82) is 0 Å². The molecule has 0 spiro atoms. The molecule has 0 aliphatic carbocycles. The van der Waals surface area contributed by atoms with Crippen LogP contribution >= 0.6 is 0 Å². The summed E-state index contributed by atoms with van der Waals surface area (Å²) in [6, 6.07) is 7.47. The van der Waals surface area contributed by atoms with Crippen molar-refractivity contribution in [3.8, 4) is 0 Å². The third-order valence-electron chi connectivity index (χ3n) is 3.37. The molecule has 17 heavy (non-hydrogen) atoms. The molecule has 1 unspecified atom stereocenters. The Balaban J connectivity index is 3.26. The highest BCUT2D eigenvalue weighted by Crippen LogP contribution is 2.36. The Labute approximate surface area is 103 Å². The lowest BCUT2D eigenvalue weighted by Crippen LogP contribution is -2.40. The van der Waals surface area contributed by atoms with Crippen molar-refractivity contribution in [3.05, 3.63) is 29.8 Å². The Bertz CT molecular complexity index is 401. The molecule has 0 fully saturated rings. The van der Waals surface area contributed by atoms with Crippen molar-refractivity contribution in [2.75, 3.05) is 12.3 Å². The predicted molar refractivity (Wildman–Crippen MR) is 69.7 cm³/mol. The number of para-hydroxylation sites is 1. The van der Waals surface area contributed by atoms with Gasteiger partial charge in [-0.3, -0.25) is 4.79 Å². The first-order valence-electron chi connectivity index (χ1n) is 5.96. The van der Waals surface area contributed by atoms with E-state index in [1.54, 1.807) is 0 Å². The fourth-order valence-electron chi connectivity index (χ4n) is 1.91. The monoisotopic (exact) mass is 235 g/mol. The minimum Gasteiger partial charge on any atom is -0.465 e. The summed E-state index contributed by atoms with van der Waals surface area (Å²) in [6.45, 7) is 8.09. The quantitative estimate of drug-likeness (QED) is 0.645. The highest BCUT2D eigenvalue weighted by Gasteiger charge is 2.41. The first-order valence-corrected chi connectivity index (χ1v) is 5.96. The number of hydrogen-bond donors (Lipinski definition) is 1. The number of hydrogen-bond acceptors (Lipinski definition) is 3. The Morgan fingerprint density at radius 3 is 2.47 bits per heavy atom. The van der Waals surface area contributed by atoms with Gasteiger partial charge in [-0.05, 0) is 31.4 Å². The zero-order valence-electron chi connectivity index (χ0n) is 11.0. The minimum atomic E-state index is -0.693. The van der Waals surface area contributed by atoms with Crippen LogP contribution in [0, 0.1) is 5.92 Å². The van der Waals surface area contributed by atoms with Crippen molar-refractivity contribution in [2.45, 2.75) is 33.1 Å². The second kappa shape index (κ2) is 5.21. The Hall–Kier alpha value is -1.51. The second-order valence-corrected chi connectivity index (χ2v) is 4.66. The molecule has 1 rings (SSSR count). The van der Waals surface area contributed by atoms with E-state index in [1.165, 1.54) is 0 Å². The van der Waals surface area contributed by atoms with Crippen LogP contribution < -0.4 is 5.73 Å². The molecule has 0 aromatic heterocycles. The zero-order valence-corrected chi connectivity index (χ0v) is 11.0. The fraction of sp³-hybridized carbons (Fsp3) is 0.500. The summed E-state index contributed by atoms with van der Waals surface area (Å²) >= 11 is 0. The van der Waals surface area contributed by atoms with Crippen molar-refractivity contribution < 1.29 is 9.53 Å². The standard InChI is InChI=1S/C14H21NO2/c1-5-17-13(16)14(4,10(2)3)11-8-6-7-9-12(11)15/h6-10H,5,15H2,1-4H3. The lowest BCUT2D eigenvalue weighted by atomic mass is 9.72. The normalized spacial score (nSPS) is 14.4. The van der Waals surface area contributed by atoms with Crippen LogP contribution in [0.5, 0.6) is 0 Å². The Morgan fingerprint density at radius 2 is 2.00 bits per heavy atom. The van der Waals surface area contributed by atoms with Gasteiger partial charge in [0.2, 0.25) is 0 Å². The number of benzene rings is 1. The SMILES string of the molecule is CCOC(=O)C(C)(c1ccccc1N)C(C)C. The van der Waals surface area contributed by atoms with Crippen LogP contribution in [0.2, 0.25) is 0 Å². The average molecular weight is 235 g/mol. The maximum Gasteiger partial charge on any atom is 0.316 e. The van der Waals surface area contributed by atoms with E-state index in [9.17, 15) is 4.79 Å². The Morgan fingerprint density at radius 1 is 1.41 bits per heavy atom. The number of ether oxygens (including phenoxy) is 1. The van der Waals surface area contributed by atoms with Gasteiger partial charge in [-0.25, -0.2) is 0 Å². The van der Waals surface area contributed by atoms with Gasteiger partial charge in [0, 0.05) is 5.69 Å². The molecular formula is C14H21NO2. The van der Waals surface area contributed by atoms with Gasteiger partial charge >= 0.3 is 5.97 Å². The molecule has 0 amide bonds. The van der Waals surface area contributed by atoms with E-state index in [0.29, 0.717) is 12.3 Å². The van der Waals surface area contributed by atoms with Gasteiger partial charge in [-0.1, -0.05) is 32.0 Å². The highest BCUT2D eigenvalue weighted by atomic mass is 16.5. The summed E-state index contributed by atoms with van der Waals surface area (Å²) < 4.78 is 5.18. The molecule has 1 aromatic carbocycles. The third-order valence-corrected chi connectivity index (χ3v) is 3.37. The molecule has 2 N–H and O–H groups in total. The first kappa shape index (κ1) is 13.6. The summed E-state index contributed by atoms with van der Waals surface area (Å²) in [5.41, 5.74) is 6.75. The summed E-state index contributed by atoms with van der Waals surface area (Å²) in [6.07, 6.45) is 0. The molecule has 0 aliphatic rings. The van der Waals surface area contributed by atoms with Gasteiger partial charge < -0.3 is 10.5 Å². The van der Waals surface area contributed by atoms with Crippen molar-refractivity contribution in [2.24, 2.45) is 5.92 Å². The smallest absolute Gasteiger partial charge is 0.316 e. The van der Waals surface area contributed by atoms with Crippen LogP contribution in [-0.4, -0.2) is 12.6 Å². The van der Waals surface area contributed by atoms with Gasteiger partial charge in [0.1, 0.15) is 0 Å². The van der Waals surface area contributed by atoms with Gasteiger partial charge in [0.15, 0.2) is 0 Å². The zero-order chi connectivity index (χ0) is 13.1. The predicted octanol–water partition coefficient (Wildman–Crippen LogP) is 2.75. The number of carbonyl (C=O) groups is 1. The number of nitrogen functional groups attached to an aromatic ring is 1. The molecule has 0 bridgehead atoms. The third kappa shape index (κ3) is 2.43. The van der Waals surface area contributed by atoms with Crippen molar-refractivity contribution in [3.63, 3.8) is 0 Å². The summed E-state index contributed by atoms with van der Waals surface area (Å²) in [5, 5.41) is 0. The van der Waals surface area contributed by atoms with Gasteiger partial charge in [-0.2, -0.15) is 0 Å². The maximum absolute atomic E-state index is 12.2. The molecule has 0 radical (unpaired) electrons. The van der Waals surface area contributed by atoms with Crippen LogP contribution in [0.4, 0.5) is 5.69 Å². The van der Waals surface area contributed by atoms with Gasteiger partial charge in [-0.15, -0.1) is 0 Å². The minimum absolute atomic E-state index is 0.117. The average Bonchev–Trinajstić information content (AvgIpc) is 2.28. The van der Waals surface area contributed by atoms with Crippen LogP contribution in [0.3, 0.4) is 0 Å². The molecule has 3 heteroatoms. The molecular weight excluding hydrogens is 214 g/mol. The van der Waals surface area contributed by atoms with Gasteiger partial charge in [0.25, 0.3) is 0 Å². The molecule has 0 saturated carbocycles. The van der Waals surface area contributed by atoms with E-state index < -0.39 is 5.41 Å². The lowest BCUT2D eigenvalue weighted by Gasteiger charge is -2.32. The van der Waals surface area contributed by atoms with E-state index in [0.717, 1.165) is 5.56 Å². The van der Waals surface area contributed by atoms with E-state index in [-0.39, 0.29) is 11.9 Å². The second-order valence-electron chi connectivity index (χ2n) is 4.66. The van der Waals surface area contributed by atoms with Crippen LogP contribution in [0.1, 0.15) is 33.3 Å². The topological polar surface area (TPSA) is 52.3 Å². The molecule has 0 saturated heterocycles. The van der Waals surface area contributed by atoms with Crippen LogP contribution in [0.25, 0.3) is 0 Å². The van der Waals surface area contributed by atoms with E-state index in [1.807, 2.05) is 52.0 Å². The number of carbonyl (C=O) groups excluding carboxylic acids is 1. The lowest BCUT2D eigenvalue weighted by molar-refractivity contribution is -0.151. The number of rotatable bonds is 4. The largest absolute Gasteiger partial charge is 0.465 e. The first-order chi connectivity index (χ1) is 7.94. The van der Waals surface area contributed by atoms with Gasteiger partial charge in [0.05, 0.1) is 12.0 Å². The molecule has 0 heterocycles. The molecule has 1 aromatic rings. The highest BCUT2D eigenvalue weighted by molar-refractivity contribution is 5.85. The number of anilines is 1.